The molecule has 1 aromatic rings. The maximum Gasteiger partial charge on any atom is 0.0754 e. The van der Waals surface area contributed by atoms with Gasteiger partial charge in [0, 0.05) is 24.6 Å². The third-order valence-corrected chi connectivity index (χ3v) is 1.85. The second-order valence-electron chi connectivity index (χ2n) is 3.33. The van der Waals surface area contributed by atoms with Crippen LogP contribution < -0.4 is 5.73 Å². The van der Waals surface area contributed by atoms with Crippen LogP contribution >= 0.6 is 0 Å². The Hall–Kier alpha value is -1.00. The Morgan fingerprint density at radius 3 is 2.77 bits per heavy atom. The molecule has 13 heavy (non-hydrogen) atoms. The summed E-state index contributed by atoms with van der Waals surface area (Å²) in [5, 5.41) is 0. The fraction of sp³-hybridized carbons (Fsp3) is 0.556. The summed E-state index contributed by atoms with van der Waals surface area (Å²) in [4.78, 5) is 10.2. The van der Waals surface area contributed by atoms with E-state index in [4.69, 9.17) is 5.73 Å². The van der Waals surface area contributed by atoms with Gasteiger partial charge in [-0.25, -0.2) is 0 Å². The monoisotopic (exact) mass is 180 g/mol. The van der Waals surface area contributed by atoms with Crippen molar-refractivity contribution < 1.29 is 0 Å². The van der Waals surface area contributed by atoms with Gasteiger partial charge in [0.15, 0.2) is 0 Å². The van der Waals surface area contributed by atoms with Crippen molar-refractivity contribution in [2.24, 2.45) is 5.73 Å². The normalized spacial score (nSPS) is 13.2. The standard InChI is InChI=1S/C9H16N4/c1-13(2)6-3-8(10)9-7-11-4-5-12-9/h4-5,7-8H,3,6,10H2,1-2H3. The minimum Gasteiger partial charge on any atom is -0.323 e. The van der Waals surface area contributed by atoms with Gasteiger partial charge in [-0.2, -0.15) is 0 Å². The first-order valence-corrected chi connectivity index (χ1v) is 4.36. The molecule has 0 aromatic carbocycles. The van der Waals surface area contributed by atoms with Crippen molar-refractivity contribution >= 4 is 0 Å². The van der Waals surface area contributed by atoms with E-state index in [2.05, 4.69) is 14.9 Å². The van der Waals surface area contributed by atoms with Crippen LogP contribution in [0.25, 0.3) is 0 Å². The zero-order valence-corrected chi connectivity index (χ0v) is 8.14. The van der Waals surface area contributed by atoms with Gasteiger partial charge in [-0.05, 0) is 27.1 Å². The van der Waals surface area contributed by atoms with Crippen LogP contribution in [0.1, 0.15) is 18.2 Å². The molecule has 0 saturated heterocycles. The van der Waals surface area contributed by atoms with E-state index in [1.807, 2.05) is 14.1 Å². The number of aromatic nitrogens is 2. The van der Waals surface area contributed by atoms with Crippen LogP contribution in [0, 0.1) is 0 Å². The highest BCUT2D eigenvalue weighted by molar-refractivity contribution is 5.00. The van der Waals surface area contributed by atoms with Gasteiger partial charge in [-0.3, -0.25) is 9.97 Å². The van der Waals surface area contributed by atoms with E-state index >= 15 is 0 Å². The highest BCUT2D eigenvalue weighted by atomic mass is 15.0. The lowest BCUT2D eigenvalue weighted by Gasteiger charge is -2.13. The van der Waals surface area contributed by atoms with Crippen LogP contribution in [0.5, 0.6) is 0 Å². The Kier molecular flexibility index (Phi) is 3.79. The molecule has 1 unspecified atom stereocenters. The van der Waals surface area contributed by atoms with Gasteiger partial charge in [0.25, 0.3) is 0 Å². The fourth-order valence-corrected chi connectivity index (χ4v) is 1.05. The second-order valence-corrected chi connectivity index (χ2v) is 3.33. The summed E-state index contributed by atoms with van der Waals surface area (Å²) in [5.41, 5.74) is 6.78. The molecule has 1 rings (SSSR count). The minimum absolute atomic E-state index is 0.00361. The number of nitrogens with zero attached hydrogens (tertiary/aromatic N) is 3. The molecule has 0 aliphatic heterocycles. The van der Waals surface area contributed by atoms with Crippen LogP contribution in [0.4, 0.5) is 0 Å². The first-order chi connectivity index (χ1) is 6.20. The Morgan fingerprint density at radius 1 is 1.46 bits per heavy atom. The fourth-order valence-electron chi connectivity index (χ4n) is 1.05. The molecule has 0 aliphatic carbocycles. The molecule has 0 aliphatic rings. The molecule has 0 radical (unpaired) electrons. The zero-order chi connectivity index (χ0) is 9.68. The molecule has 4 nitrogen and oxygen atoms in total. The van der Waals surface area contributed by atoms with Crippen molar-refractivity contribution in [3.05, 3.63) is 24.3 Å². The van der Waals surface area contributed by atoms with Gasteiger partial charge in [-0.15, -0.1) is 0 Å². The Bertz CT molecular complexity index is 235. The molecule has 72 valence electrons. The maximum absolute atomic E-state index is 5.91. The molecule has 0 bridgehead atoms. The lowest BCUT2D eigenvalue weighted by atomic mass is 10.1. The number of nitrogens with two attached hydrogens (primary N) is 1. The summed E-state index contributed by atoms with van der Waals surface area (Å²) in [5.74, 6) is 0. The molecule has 2 N–H and O–H groups in total. The van der Waals surface area contributed by atoms with Gasteiger partial charge >= 0.3 is 0 Å². The third-order valence-electron chi connectivity index (χ3n) is 1.85. The van der Waals surface area contributed by atoms with E-state index in [0.717, 1.165) is 18.7 Å². The summed E-state index contributed by atoms with van der Waals surface area (Å²) in [7, 11) is 4.06. The van der Waals surface area contributed by atoms with Crippen LogP contribution in [-0.2, 0) is 0 Å². The van der Waals surface area contributed by atoms with E-state index in [1.54, 1.807) is 18.6 Å². The lowest BCUT2D eigenvalue weighted by Crippen LogP contribution is -2.20. The summed E-state index contributed by atoms with van der Waals surface area (Å²) >= 11 is 0. The quantitative estimate of drug-likeness (QED) is 0.730. The summed E-state index contributed by atoms with van der Waals surface area (Å²) in [6, 6.07) is -0.00361. The topological polar surface area (TPSA) is 55.0 Å². The first kappa shape index (κ1) is 10.1. The van der Waals surface area contributed by atoms with Crippen LogP contribution in [0.15, 0.2) is 18.6 Å². The summed E-state index contributed by atoms with van der Waals surface area (Å²) in [6.07, 6.45) is 5.96. The van der Waals surface area contributed by atoms with E-state index in [0.29, 0.717) is 0 Å². The minimum atomic E-state index is -0.00361. The largest absolute Gasteiger partial charge is 0.323 e. The number of hydrogen-bond acceptors (Lipinski definition) is 4. The van der Waals surface area contributed by atoms with Gasteiger partial charge in [0.1, 0.15) is 0 Å². The highest BCUT2D eigenvalue weighted by Crippen LogP contribution is 2.08. The molecule has 0 saturated carbocycles. The second kappa shape index (κ2) is 4.89. The van der Waals surface area contributed by atoms with Crippen LogP contribution in [0.3, 0.4) is 0 Å². The molecule has 1 aromatic heterocycles. The van der Waals surface area contributed by atoms with E-state index in [1.165, 1.54) is 0 Å². The maximum atomic E-state index is 5.91. The van der Waals surface area contributed by atoms with Crippen molar-refractivity contribution in [3.8, 4) is 0 Å². The molecule has 0 spiro atoms. The number of rotatable bonds is 4. The van der Waals surface area contributed by atoms with E-state index in [-0.39, 0.29) is 6.04 Å². The molecule has 0 fully saturated rings. The van der Waals surface area contributed by atoms with Gasteiger partial charge < -0.3 is 10.6 Å². The van der Waals surface area contributed by atoms with Crippen LogP contribution in [0.2, 0.25) is 0 Å². The molecule has 1 atom stereocenters. The van der Waals surface area contributed by atoms with Crippen LogP contribution in [-0.4, -0.2) is 35.5 Å². The van der Waals surface area contributed by atoms with Crippen molar-refractivity contribution in [2.45, 2.75) is 12.5 Å². The zero-order valence-electron chi connectivity index (χ0n) is 8.14. The molecule has 4 heteroatoms. The predicted molar refractivity (Wildman–Crippen MR) is 52.1 cm³/mol. The summed E-state index contributed by atoms with van der Waals surface area (Å²) in [6.45, 7) is 0.970. The van der Waals surface area contributed by atoms with Crippen molar-refractivity contribution in [1.29, 1.82) is 0 Å². The predicted octanol–water partition coefficient (Wildman–Crippen LogP) is 0.428. The SMILES string of the molecule is CN(C)CCC(N)c1cnccn1. The Morgan fingerprint density at radius 2 is 2.23 bits per heavy atom. The molecular weight excluding hydrogens is 164 g/mol. The Labute approximate surface area is 78.8 Å². The Balaban J connectivity index is 2.44. The van der Waals surface area contributed by atoms with Gasteiger partial charge in [0.05, 0.1) is 5.69 Å². The van der Waals surface area contributed by atoms with E-state index < -0.39 is 0 Å². The van der Waals surface area contributed by atoms with Crippen molar-refractivity contribution in [1.82, 2.24) is 14.9 Å². The lowest BCUT2D eigenvalue weighted by molar-refractivity contribution is 0.381. The smallest absolute Gasteiger partial charge is 0.0754 e. The third kappa shape index (κ3) is 3.48. The molecule has 0 amide bonds. The van der Waals surface area contributed by atoms with Crippen molar-refractivity contribution in [2.75, 3.05) is 20.6 Å². The average Bonchev–Trinajstić information content (AvgIpc) is 2.15. The summed E-state index contributed by atoms with van der Waals surface area (Å²) < 4.78 is 0. The molecule has 1 heterocycles. The van der Waals surface area contributed by atoms with Crippen molar-refractivity contribution in [3.63, 3.8) is 0 Å². The van der Waals surface area contributed by atoms with E-state index in [9.17, 15) is 0 Å². The van der Waals surface area contributed by atoms with Gasteiger partial charge in [0.2, 0.25) is 0 Å². The average molecular weight is 180 g/mol. The highest BCUT2D eigenvalue weighted by Gasteiger charge is 2.06. The first-order valence-electron chi connectivity index (χ1n) is 4.36. The number of hydrogen-bond donors (Lipinski definition) is 1. The molecular formula is C9H16N4. The van der Waals surface area contributed by atoms with Gasteiger partial charge in [-0.1, -0.05) is 0 Å².